The van der Waals surface area contributed by atoms with Crippen LogP contribution in [-0.2, 0) is 10.0 Å². The van der Waals surface area contributed by atoms with E-state index in [9.17, 15) is 8.42 Å². The van der Waals surface area contributed by atoms with Crippen molar-refractivity contribution in [1.82, 2.24) is 9.62 Å². The third kappa shape index (κ3) is 2.48. The number of hydrogen-bond acceptors (Lipinski definition) is 4. The van der Waals surface area contributed by atoms with E-state index in [1.54, 1.807) is 40.1 Å². The van der Waals surface area contributed by atoms with Crippen LogP contribution in [0.4, 0.5) is 0 Å². The first kappa shape index (κ1) is 14.3. The van der Waals surface area contributed by atoms with Crippen LogP contribution in [0.15, 0.2) is 17.0 Å². The van der Waals surface area contributed by atoms with Gasteiger partial charge >= 0.3 is 0 Å². The third-order valence-corrected chi connectivity index (χ3v) is 5.80. The van der Waals surface area contributed by atoms with Crippen molar-refractivity contribution >= 4 is 10.0 Å². The molecule has 0 aromatic heterocycles. The van der Waals surface area contributed by atoms with Crippen LogP contribution in [0.5, 0.6) is 5.75 Å². The van der Waals surface area contributed by atoms with Gasteiger partial charge < -0.3 is 10.1 Å². The molecule has 2 rings (SSSR count). The predicted octanol–water partition coefficient (Wildman–Crippen LogP) is 0.904. The Morgan fingerprint density at radius 3 is 2.16 bits per heavy atom. The normalized spacial score (nSPS) is 16.5. The fourth-order valence-electron chi connectivity index (χ4n) is 2.31. The minimum atomic E-state index is -3.45. The fraction of sp³-hybridized carbons (Fsp3) is 0.538. The number of aryl methyl sites for hydroxylation is 2. The summed E-state index contributed by atoms with van der Waals surface area (Å²) in [6.07, 6.45) is 0. The second kappa shape index (κ2) is 5.11. The third-order valence-electron chi connectivity index (χ3n) is 3.58. The smallest absolute Gasteiger partial charge is 0.243 e. The highest BCUT2D eigenvalue weighted by Gasteiger charge is 2.33. The molecule has 106 valence electrons. The van der Waals surface area contributed by atoms with Gasteiger partial charge in [-0.3, -0.25) is 0 Å². The first-order valence-corrected chi connectivity index (χ1v) is 7.66. The van der Waals surface area contributed by atoms with Crippen LogP contribution in [0.2, 0.25) is 0 Å². The van der Waals surface area contributed by atoms with E-state index in [4.69, 9.17) is 4.74 Å². The van der Waals surface area contributed by atoms with Gasteiger partial charge in [0, 0.05) is 26.2 Å². The van der Waals surface area contributed by atoms with E-state index in [0.29, 0.717) is 23.7 Å². The summed E-state index contributed by atoms with van der Waals surface area (Å²) < 4.78 is 32.0. The van der Waals surface area contributed by atoms with Gasteiger partial charge in [0.1, 0.15) is 5.75 Å². The van der Waals surface area contributed by atoms with Crippen LogP contribution < -0.4 is 10.1 Å². The van der Waals surface area contributed by atoms with Crippen LogP contribution in [0, 0.1) is 13.8 Å². The second-order valence-electron chi connectivity index (χ2n) is 4.92. The van der Waals surface area contributed by atoms with Gasteiger partial charge in [-0.1, -0.05) is 0 Å². The van der Waals surface area contributed by atoms with Gasteiger partial charge in [-0.2, -0.15) is 4.31 Å². The van der Waals surface area contributed by atoms with Gasteiger partial charge in [-0.05, 0) is 37.1 Å². The molecule has 1 N–H and O–H groups in total. The number of hydrogen-bond donors (Lipinski definition) is 1. The van der Waals surface area contributed by atoms with Gasteiger partial charge in [-0.25, -0.2) is 8.42 Å². The molecule has 0 amide bonds. The van der Waals surface area contributed by atoms with Crippen molar-refractivity contribution in [2.24, 2.45) is 0 Å². The first-order chi connectivity index (χ1) is 8.87. The Labute approximate surface area is 114 Å². The summed E-state index contributed by atoms with van der Waals surface area (Å²) in [5, 5.41) is 3.09. The van der Waals surface area contributed by atoms with Crippen LogP contribution in [-0.4, -0.2) is 46.0 Å². The molecule has 0 spiro atoms. The maximum Gasteiger partial charge on any atom is 0.243 e. The first-order valence-electron chi connectivity index (χ1n) is 6.22. The number of nitrogens with one attached hydrogen (secondary N) is 1. The van der Waals surface area contributed by atoms with E-state index in [-0.39, 0.29) is 6.04 Å². The number of benzene rings is 1. The number of methoxy groups -OCH3 is 1. The van der Waals surface area contributed by atoms with Gasteiger partial charge in [0.25, 0.3) is 0 Å². The van der Waals surface area contributed by atoms with Crippen molar-refractivity contribution in [3.63, 3.8) is 0 Å². The van der Waals surface area contributed by atoms with Crippen molar-refractivity contribution in [3.8, 4) is 5.75 Å². The van der Waals surface area contributed by atoms with Crippen molar-refractivity contribution < 1.29 is 13.2 Å². The molecule has 1 aromatic rings. The van der Waals surface area contributed by atoms with E-state index >= 15 is 0 Å². The molecule has 0 unspecified atom stereocenters. The quantitative estimate of drug-likeness (QED) is 0.892. The van der Waals surface area contributed by atoms with Crippen LogP contribution in [0.3, 0.4) is 0 Å². The van der Waals surface area contributed by atoms with Crippen molar-refractivity contribution in [2.75, 3.05) is 27.2 Å². The average Bonchev–Trinajstić information content (AvgIpc) is 2.25. The molecular weight excluding hydrogens is 264 g/mol. The van der Waals surface area contributed by atoms with Crippen LogP contribution in [0.25, 0.3) is 0 Å². The molecule has 0 aliphatic carbocycles. The number of likely N-dealkylation sites (N-methyl/N-ethyl adjacent to an activating group) is 1. The monoisotopic (exact) mass is 284 g/mol. The minimum absolute atomic E-state index is 0.0471. The largest absolute Gasteiger partial charge is 0.497 e. The molecule has 19 heavy (non-hydrogen) atoms. The van der Waals surface area contributed by atoms with Gasteiger partial charge in [-0.15, -0.1) is 0 Å². The van der Waals surface area contributed by atoms with E-state index < -0.39 is 10.0 Å². The summed E-state index contributed by atoms with van der Waals surface area (Å²) in [5.41, 5.74) is 1.44. The second-order valence-corrected chi connectivity index (χ2v) is 6.86. The van der Waals surface area contributed by atoms with E-state index in [1.807, 2.05) is 0 Å². The molecule has 0 bridgehead atoms. The number of nitrogens with zero attached hydrogens (tertiary/aromatic N) is 1. The maximum absolute atomic E-state index is 12.7. The zero-order valence-electron chi connectivity index (χ0n) is 11.7. The Balaban J connectivity index is 2.45. The molecule has 1 aromatic carbocycles. The van der Waals surface area contributed by atoms with E-state index in [2.05, 4.69) is 5.32 Å². The Morgan fingerprint density at radius 2 is 1.79 bits per heavy atom. The molecule has 1 heterocycles. The number of ether oxygens (including phenoxy) is 1. The predicted molar refractivity (Wildman–Crippen MR) is 74.1 cm³/mol. The molecule has 1 fully saturated rings. The molecule has 5 nitrogen and oxygen atoms in total. The lowest BCUT2D eigenvalue weighted by Gasteiger charge is -2.35. The van der Waals surface area contributed by atoms with E-state index in [0.717, 1.165) is 11.1 Å². The summed E-state index contributed by atoms with van der Waals surface area (Å²) in [7, 11) is -0.227. The van der Waals surface area contributed by atoms with Gasteiger partial charge in [0.05, 0.1) is 12.0 Å². The molecule has 0 saturated carbocycles. The summed E-state index contributed by atoms with van der Waals surface area (Å²) in [6, 6.07) is 3.56. The lowest BCUT2D eigenvalue weighted by atomic mass is 10.1. The number of rotatable bonds is 4. The molecule has 0 atom stereocenters. The molecule has 1 saturated heterocycles. The Hall–Kier alpha value is -1.11. The topological polar surface area (TPSA) is 58.6 Å². The number of sulfonamides is 1. The zero-order chi connectivity index (χ0) is 14.2. The summed E-state index contributed by atoms with van der Waals surface area (Å²) in [4.78, 5) is 0.391. The summed E-state index contributed by atoms with van der Waals surface area (Å²) in [6.45, 7) is 5.03. The molecular formula is C13H20N2O3S. The van der Waals surface area contributed by atoms with E-state index in [1.165, 1.54) is 4.31 Å². The lowest BCUT2D eigenvalue weighted by Crippen LogP contribution is -2.57. The highest BCUT2D eigenvalue weighted by Crippen LogP contribution is 2.28. The fourth-order valence-corrected chi connectivity index (χ4v) is 4.07. The lowest BCUT2D eigenvalue weighted by molar-refractivity contribution is 0.274. The Morgan fingerprint density at radius 1 is 1.26 bits per heavy atom. The van der Waals surface area contributed by atoms with Crippen molar-refractivity contribution in [3.05, 3.63) is 23.3 Å². The van der Waals surface area contributed by atoms with Crippen molar-refractivity contribution in [2.45, 2.75) is 24.8 Å². The minimum Gasteiger partial charge on any atom is -0.497 e. The molecule has 1 aliphatic heterocycles. The summed E-state index contributed by atoms with van der Waals surface area (Å²) in [5.74, 6) is 0.682. The zero-order valence-corrected chi connectivity index (χ0v) is 12.5. The van der Waals surface area contributed by atoms with Gasteiger partial charge in [0.15, 0.2) is 0 Å². The van der Waals surface area contributed by atoms with Crippen molar-refractivity contribution in [1.29, 1.82) is 0 Å². The van der Waals surface area contributed by atoms with Crippen LogP contribution in [0.1, 0.15) is 11.1 Å². The summed E-state index contributed by atoms with van der Waals surface area (Å²) >= 11 is 0. The van der Waals surface area contributed by atoms with Gasteiger partial charge in [0.2, 0.25) is 10.0 Å². The average molecular weight is 284 g/mol. The molecule has 6 heteroatoms. The molecule has 1 aliphatic rings. The molecule has 0 radical (unpaired) electrons. The Bertz CT molecular complexity index is 557. The standard InChI is InChI=1S/C13H20N2O3S/c1-9-5-12(18-4)6-10(2)13(9)19(16,17)15(3)11-7-14-8-11/h5-6,11,14H,7-8H2,1-4H3. The Kier molecular flexibility index (Phi) is 3.85. The maximum atomic E-state index is 12.7. The van der Waals surface area contributed by atoms with Crippen LogP contribution >= 0.6 is 0 Å². The highest BCUT2D eigenvalue weighted by atomic mass is 32.2. The highest BCUT2D eigenvalue weighted by molar-refractivity contribution is 7.89. The SMILES string of the molecule is COc1cc(C)c(S(=O)(=O)N(C)C2CNC2)c(C)c1.